The van der Waals surface area contributed by atoms with Crippen LogP contribution in [-0.2, 0) is 4.79 Å². The number of urea groups is 1. The summed E-state index contributed by atoms with van der Waals surface area (Å²) in [6.07, 6.45) is 10.5. The Morgan fingerprint density at radius 3 is 2.33 bits per heavy atom. The summed E-state index contributed by atoms with van der Waals surface area (Å²) < 4.78 is 0. The lowest BCUT2D eigenvalue weighted by molar-refractivity contribution is -0.130. The van der Waals surface area contributed by atoms with Crippen molar-refractivity contribution in [3.8, 4) is 0 Å². The Bertz CT molecular complexity index is 365. The van der Waals surface area contributed by atoms with Crippen molar-refractivity contribution in [2.75, 3.05) is 19.6 Å². The van der Waals surface area contributed by atoms with Crippen molar-refractivity contribution in [2.24, 2.45) is 0 Å². The Labute approximate surface area is 127 Å². The fourth-order valence-electron chi connectivity index (χ4n) is 3.26. The highest BCUT2D eigenvalue weighted by Crippen LogP contribution is 2.24. The zero-order valence-corrected chi connectivity index (χ0v) is 13.2. The molecule has 0 aromatic carbocycles. The van der Waals surface area contributed by atoms with E-state index >= 15 is 0 Å². The van der Waals surface area contributed by atoms with Gasteiger partial charge in [0.25, 0.3) is 5.91 Å². The summed E-state index contributed by atoms with van der Waals surface area (Å²) >= 11 is 0. The standard InChI is InChI=1S/C16H29N3O2/c1-2-3-4-5-6-7-8-9-12-19-14(20)16(18-15(19)21)10-11-17-13-16/h17H,2-13H2,1H3,(H,18,21). The van der Waals surface area contributed by atoms with Crippen LogP contribution in [0.15, 0.2) is 0 Å². The molecule has 1 spiro atoms. The van der Waals surface area contributed by atoms with Crippen LogP contribution < -0.4 is 10.6 Å². The molecule has 0 aromatic rings. The molecule has 1 atom stereocenters. The molecule has 2 N–H and O–H groups in total. The highest BCUT2D eigenvalue weighted by atomic mass is 16.2. The predicted octanol–water partition coefficient (Wildman–Crippen LogP) is 2.41. The van der Waals surface area contributed by atoms with Gasteiger partial charge in [0.15, 0.2) is 0 Å². The van der Waals surface area contributed by atoms with Gasteiger partial charge in [-0.25, -0.2) is 4.79 Å². The number of amides is 3. The van der Waals surface area contributed by atoms with Crippen molar-refractivity contribution >= 4 is 11.9 Å². The molecule has 2 saturated heterocycles. The summed E-state index contributed by atoms with van der Waals surface area (Å²) in [6.45, 7) is 4.18. The molecule has 3 amide bonds. The van der Waals surface area contributed by atoms with E-state index in [4.69, 9.17) is 0 Å². The lowest BCUT2D eigenvalue weighted by Crippen LogP contribution is -2.48. The van der Waals surface area contributed by atoms with Gasteiger partial charge < -0.3 is 10.6 Å². The van der Waals surface area contributed by atoms with Gasteiger partial charge in [-0.1, -0.05) is 51.9 Å². The zero-order chi connectivity index (χ0) is 15.1. The fourth-order valence-corrected chi connectivity index (χ4v) is 3.26. The summed E-state index contributed by atoms with van der Waals surface area (Å²) in [5.74, 6) is -0.0274. The minimum atomic E-state index is -0.642. The first-order valence-corrected chi connectivity index (χ1v) is 8.54. The Hall–Kier alpha value is -1.10. The van der Waals surface area contributed by atoms with Crippen LogP contribution in [0.5, 0.6) is 0 Å². The van der Waals surface area contributed by atoms with Gasteiger partial charge in [-0.15, -0.1) is 0 Å². The Morgan fingerprint density at radius 2 is 1.71 bits per heavy atom. The Balaban J connectivity index is 1.62. The summed E-state index contributed by atoms with van der Waals surface area (Å²) in [6, 6.07) is -0.202. The van der Waals surface area contributed by atoms with Crippen LogP contribution >= 0.6 is 0 Å². The van der Waals surface area contributed by atoms with E-state index in [-0.39, 0.29) is 11.9 Å². The number of carbonyl (C=O) groups excluding carboxylic acids is 2. The zero-order valence-electron chi connectivity index (χ0n) is 13.2. The van der Waals surface area contributed by atoms with Gasteiger partial charge in [-0.2, -0.15) is 0 Å². The van der Waals surface area contributed by atoms with Crippen LogP contribution in [0.1, 0.15) is 64.7 Å². The van der Waals surface area contributed by atoms with E-state index in [9.17, 15) is 9.59 Å². The monoisotopic (exact) mass is 295 g/mol. The number of hydrogen-bond acceptors (Lipinski definition) is 3. The molecular weight excluding hydrogens is 266 g/mol. The largest absolute Gasteiger partial charge is 0.325 e. The third-order valence-corrected chi connectivity index (χ3v) is 4.64. The molecule has 0 aromatic heterocycles. The smallest absolute Gasteiger partial charge is 0.322 e. The second-order valence-electron chi connectivity index (χ2n) is 6.37. The second-order valence-corrected chi connectivity index (χ2v) is 6.37. The average Bonchev–Trinajstić information content (AvgIpc) is 3.02. The molecule has 2 rings (SSSR count). The van der Waals surface area contributed by atoms with E-state index in [0.717, 1.165) is 19.4 Å². The van der Waals surface area contributed by atoms with Gasteiger partial charge in [0.1, 0.15) is 5.54 Å². The fraction of sp³-hybridized carbons (Fsp3) is 0.875. The summed E-state index contributed by atoms with van der Waals surface area (Å²) in [5.41, 5.74) is -0.642. The number of nitrogens with zero attached hydrogens (tertiary/aromatic N) is 1. The highest BCUT2D eigenvalue weighted by Gasteiger charge is 2.52. The van der Waals surface area contributed by atoms with Gasteiger partial charge in [0.05, 0.1) is 0 Å². The van der Waals surface area contributed by atoms with Crippen LogP contribution in [0.25, 0.3) is 0 Å². The molecule has 0 saturated carbocycles. The maximum Gasteiger partial charge on any atom is 0.325 e. The number of nitrogens with one attached hydrogen (secondary N) is 2. The van der Waals surface area contributed by atoms with Crippen LogP contribution in [0.3, 0.4) is 0 Å². The van der Waals surface area contributed by atoms with Gasteiger partial charge in [-0.3, -0.25) is 9.69 Å². The van der Waals surface area contributed by atoms with Crippen molar-refractivity contribution in [3.05, 3.63) is 0 Å². The molecule has 1 unspecified atom stereocenters. The van der Waals surface area contributed by atoms with E-state index < -0.39 is 5.54 Å². The molecular formula is C16H29N3O2. The van der Waals surface area contributed by atoms with E-state index in [2.05, 4.69) is 17.6 Å². The van der Waals surface area contributed by atoms with E-state index in [1.54, 1.807) is 0 Å². The van der Waals surface area contributed by atoms with Gasteiger partial charge >= 0.3 is 6.03 Å². The van der Waals surface area contributed by atoms with E-state index in [1.807, 2.05) is 0 Å². The maximum atomic E-state index is 12.4. The summed E-state index contributed by atoms with van der Waals surface area (Å²) in [7, 11) is 0. The van der Waals surface area contributed by atoms with E-state index in [1.165, 1.54) is 43.4 Å². The molecule has 0 bridgehead atoms. The number of imide groups is 1. The third-order valence-electron chi connectivity index (χ3n) is 4.64. The molecule has 0 aliphatic carbocycles. The quantitative estimate of drug-likeness (QED) is 0.507. The van der Waals surface area contributed by atoms with Crippen molar-refractivity contribution < 1.29 is 9.59 Å². The van der Waals surface area contributed by atoms with Crippen molar-refractivity contribution in [2.45, 2.75) is 70.3 Å². The first-order chi connectivity index (χ1) is 10.2. The van der Waals surface area contributed by atoms with Crippen LogP contribution in [0.2, 0.25) is 0 Å². The van der Waals surface area contributed by atoms with Crippen molar-refractivity contribution in [1.82, 2.24) is 15.5 Å². The first kappa shape index (κ1) is 16.3. The topological polar surface area (TPSA) is 61.4 Å². The van der Waals surface area contributed by atoms with Gasteiger partial charge in [0.2, 0.25) is 0 Å². The summed E-state index contributed by atoms with van der Waals surface area (Å²) in [5, 5.41) is 6.04. The second kappa shape index (κ2) is 7.78. The number of unbranched alkanes of at least 4 members (excludes halogenated alkanes) is 7. The highest BCUT2D eigenvalue weighted by molar-refractivity contribution is 6.07. The van der Waals surface area contributed by atoms with E-state index in [0.29, 0.717) is 19.5 Å². The molecule has 5 heteroatoms. The molecule has 2 heterocycles. The summed E-state index contributed by atoms with van der Waals surface area (Å²) in [4.78, 5) is 25.8. The molecule has 2 aliphatic heterocycles. The molecule has 2 aliphatic rings. The normalized spacial score (nSPS) is 25.1. The van der Waals surface area contributed by atoms with Crippen molar-refractivity contribution in [3.63, 3.8) is 0 Å². The maximum absolute atomic E-state index is 12.4. The Kier molecular flexibility index (Phi) is 6.03. The molecule has 21 heavy (non-hydrogen) atoms. The van der Waals surface area contributed by atoms with Crippen LogP contribution in [-0.4, -0.2) is 42.0 Å². The molecule has 2 fully saturated rings. The lowest BCUT2D eigenvalue weighted by atomic mass is 9.99. The third kappa shape index (κ3) is 3.96. The van der Waals surface area contributed by atoms with Crippen LogP contribution in [0, 0.1) is 0 Å². The average molecular weight is 295 g/mol. The molecule has 5 nitrogen and oxygen atoms in total. The molecule has 120 valence electrons. The van der Waals surface area contributed by atoms with Gasteiger partial charge in [-0.05, 0) is 19.4 Å². The van der Waals surface area contributed by atoms with Gasteiger partial charge in [0, 0.05) is 13.1 Å². The Morgan fingerprint density at radius 1 is 1.05 bits per heavy atom. The minimum absolute atomic E-state index is 0.0274. The lowest BCUT2D eigenvalue weighted by Gasteiger charge is -2.19. The van der Waals surface area contributed by atoms with Crippen molar-refractivity contribution in [1.29, 1.82) is 0 Å². The SMILES string of the molecule is CCCCCCCCCCN1C(=O)NC2(CCNC2)C1=O. The molecule has 0 radical (unpaired) electrons. The first-order valence-electron chi connectivity index (χ1n) is 8.54. The number of carbonyl (C=O) groups is 2. The number of rotatable bonds is 9. The minimum Gasteiger partial charge on any atom is -0.322 e. The van der Waals surface area contributed by atoms with Crippen LogP contribution in [0.4, 0.5) is 4.79 Å². The predicted molar refractivity (Wildman–Crippen MR) is 83.1 cm³/mol. The number of hydrogen-bond donors (Lipinski definition) is 2.